The van der Waals surface area contributed by atoms with Crippen molar-refractivity contribution < 1.29 is 14.6 Å². The van der Waals surface area contributed by atoms with Crippen LogP contribution in [0.2, 0.25) is 0 Å². The van der Waals surface area contributed by atoms with E-state index in [0.717, 1.165) is 32.1 Å². The molecule has 0 radical (unpaired) electrons. The number of rotatable bonds is 5. The summed E-state index contributed by atoms with van der Waals surface area (Å²) in [7, 11) is 0. The van der Waals surface area contributed by atoms with Gasteiger partial charge in [0, 0.05) is 12.3 Å². The molecule has 1 fully saturated rings. The van der Waals surface area contributed by atoms with Gasteiger partial charge in [0.05, 0.1) is 6.61 Å². The lowest BCUT2D eigenvalue weighted by atomic mass is 9.47. The van der Waals surface area contributed by atoms with Gasteiger partial charge in [0.15, 0.2) is 0 Å². The van der Waals surface area contributed by atoms with Crippen LogP contribution < -0.4 is 0 Å². The summed E-state index contributed by atoms with van der Waals surface area (Å²) in [4.78, 5) is 11.5. The predicted octanol–water partition coefficient (Wildman–Crippen LogP) is 5.05. The van der Waals surface area contributed by atoms with Gasteiger partial charge in [-0.25, -0.2) is 0 Å². The second-order valence-corrected chi connectivity index (χ2v) is 9.02. The van der Waals surface area contributed by atoms with E-state index in [0.29, 0.717) is 11.8 Å². The highest BCUT2D eigenvalue weighted by Crippen LogP contribution is 2.61. The van der Waals surface area contributed by atoms with Crippen LogP contribution in [0.25, 0.3) is 0 Å². The van der Waals surface area contributed by atoms with Crippen molar-refractivity contribution in [3.8, 4) is 0 Å². The minimum Gasteiger partial charge on any atom is -0.462 e. The molecule has 0 aromatic carbocycles. The van der Waals surface area contributed by atoms with E-state index in [2.05, 4.69) is 40.7 Å². The van der Waals surface area contributed by atoms with Gasteiger partial charge in [-0.1, -0.05) is 44.1 Å². The van der Waals surface area contributed by atoms with Crippen molar-refractivity contribution in [1.29, 1.82) is 0 Å². The van der Waals surface area contributed by atoms with Crippen LogP contribution in [0, 0.1) is 22.7 Å². The van der Waals surface area contributed by atoms with Crippen LogP contribution in [0.4, 0.5) is 0 Å². The zero-order valence-corrected chi connectivity index (χ0v) is 16.9. The van der Waals surface area contributed by atoms with E-state index in [4.69, 9.17) is 9.84 Å². The molecule has 2 rings (SSSR count). The first-order chi connectivity index (χ1) is 11.6. The summed E-state index contributed by atoms with van der Waals surface area (Å²) in [6.45, 7) is 13.1. The molecule has 0 unspecified atom stereocenters. The quantitative estimate of drug-likeness (QED) is 0.559. The zero-order chi connectivity index (χ0) is 18.8. The van der Waals surface area contributed by atoms with Gasteiger partial charge in [0.25, 0.3) is 0 Å². The van der Waals surface area contributed by atoms with Crippen LogP contribution in [0.5, 0.6) is 0 Å². The molecule has 0 bridgehead atoms. The van der Waals surface area contributed by atoms with Crippen LogP contribution in [-0.4, -0.2) is 23.8 Å². The molecule has 2 aliphatic carbocycles. The number of fused-ring (bicyclic) bond motifs is 1. The summed E-state index contributed by atoms with van der Waals surface area (Å²) in [5.41, 5.74) is 3.02. The molecule has 142 valence electrons. The second-order valence-electron chi connectivity index (χ2n) is 9.02. The summed E-state index contributed by atoms with van der Waals surface area (Å²) in [6, 6.07) is 0. The van der Waals surface area contributed by atoms with E-state index >= 15 is 0 Å². The van der Waals surface area contributed by atoms with Gasteiger partial charge in [-0.15, -0.1) is 0 Å². The van der Waals surface area contributed by atoms with Crippen molar-refractivity contribution in [2.45, 2.75) is 79.8 Å². The maximum atomic E-state index is 11.5. The lowest BCUT2D eigenvalue weighted by Gasteiger charge is -2.59. The number of aliphatic hydroxyl groups is 1. The highest BCUT2D eigenvalue weighted by Gasteiger charge is 2.56. The van der Waals surface area contributed by atoms with Crippen LogP contribution >= 0.6 is 0 Å². The molecule has 0 heterocycles. The Hall–Kier alpha value is -1.09. The predicted molar refractivity (Wildman–Crippen MR) is 102 cm³/mol. The maximum absolute atomic E-state index is 11.5. The lowest BCUT2D eigenvalue weighted by Crippen LogP contribution is -2.55. The van der Waals surface area contributed by atoms with Gasteiger partial charge in [-0.05, 0) is 63.2 Å². The van der Waals surface area contributed by atoms with Crippen LogP contribution in [-0.2, 0) is 9.53 Å². The summed E-state index contributed by atoms with van der Waals surface area (Å²) in [5, 5.41) is 9.10. The van der Waals surface area contributed by atoms with E-state index in [1.165, 1.54) is 18.1 Å². The summed E-state index contributed by atoms with van der Waals surface area (Å²) in [5.74, 6) is 0.922. The number of carbonyl (C=O) groups excluding carboxylic acids is 1. The first kappa shape index (κ1) is 20.2. The fourth-order valence-electron chi connectivity index (χ4n) is 5.62. The monoisotopic (exact) mass is 348 g/mol. The zero-order valence-electron chi connectivity index (χ0n) is 16.9. The Bertz CT molecular complexity index is 558. The number of allylic oxidation sites excluding steroid dienone is 3. The first-order valence-electron chi connectivity index (χ1n) is 9.73. The highest BCUT2D eigenvalue weighted by molar-refractivity contribution is 5.66. The molecular formula is C22H36O3. The third-order valence-electron chi connectivity index (χ3n) is 7.07. The van der Waals surface area contributed by atoms with Crippen molar-refractivity contribution in [3.63, 3.8) is 0 Å². The average molecular weight is 349 g/mol. The number of aliphatic hydroxyl groups excluding tert-OH is 1. The topological polar surface area (TPSA) is 46.5 Å². The molecule has 25 heavy (non-hydrogen) atoms. The first-order valence-corrected chi connectivity index (χ1v) is 9.73. The molecule has 0 aliphatic heterocycles. The van der Waals surface area contributed by atoms with Crippen LogP contribution in [0.15, 0.2) is 23.3 Å². The van der Waals surface area contributed by atoms with Crippen molar-refractivity contribution in [2.75, 3.05) is 6.61 Å². The molecule has 0 aromatic rings. The molecule has 3 nitrogen and oxygen atoms in total. The van der Waals surface area contributed by atoms with E-state index in [1.807, 2.05) is 6.08 Å². The number of ether oxygens (including phenoxy) is 1. The molecule has 1 saturated carbocycles. The Morgan fingerprint density at radius 2 is 2.04 bits per heavy atom. The fourth-order valence-corrected chi connectivity index (χ4v) is 5.62. The largest absolute Gasteiger partial charge is 0.462 e. The van der Waals surface area contributed by atoms with E-state index in [9.17, 15) is 4.79 Å². The Kier molecular flexibility index (Phi) is 6.19. The van der Waals surface area contributed by atoms with Gasteiger partial charge >= 0.3 is 5.97 Å². The molecule has 0 aromatic heterocycles. The third kappa shape index (κ3) is 4.02. The summed E-state index contributed by atoms with van der Waals surface area (Å²) < 4.78 is 5.70. The van der Waals surface area contributed by atoms with Gasteiger partial charge in [-0.2, -0.15) is 0 Å². The van der Waals surface area contributed by atoms with E-state index in [1.54, 1.807) is 0 Å². The lowest BCUT2D eigenvalue weighted by molar-refractivity contribution is -0.171. The molecule has 3 heteroatoms. The average Bonchev–Trinajstić information content (AvgIpc) is 2.49. The van der Waals surface area contributed by atoms with Crippen molar-refractivity contribution in [3.05, 3.63) is 23.3 Å². The van der Waals surface area contributed by atoms with Crippen molar-refractivity contribution in [1.82, 2.24) is 0 Å². The van der Waals surface area contributed by atoms with Gasteiger partial charge in [0.2, 0.25) is 0 Å². The molecule has 2 aliphatic rings. The number of carbonyl (C=O) groups is 1. The van der Waals surface area contributed by atoms with Crippen molar-refractivity contribution in [2.24, 2.45) is 22.7 Å². The summed E-state index contributed by atoms with van der Waals surface area (Å²) >= 11 is 0. The molecule has 0 spiro atoms. The Morgan fingerprint density at radius 1 is 1.36 bits per heavy atom. The van der Waals surface area contributed by atoms with Crippen molar-refractivity contribution >= 4 is 5.97 Å². The molecule has 1 N–H and O–H groups in total. The van der Waals surface area contributed by atoms with Gasteiger partial charge < -0.3 is 9.84 Å². The highest BCUT2D eigenvalue weighted by atomic mass is 16.5. The van der Waals surface area contributed by atoms with Gasteiger partial charge in [-0.3, -0.25) is 4.79 Å². The van der Waals surface area contributed by atoms with Crippen LogP contribution in [0.3, 0.4) is 0 Å². The second kappa shape index (κ2) is 7.65. The molecular weight excluding hydrogens is 312 g/mol. The minimum absolute atomic E-state index is 0.00982. The van der Waals surface area contributed by atoms with Crippen LogP contribution in [0.1, 0.15) is 73.6 Å². The minimum atomic E-state index is -0.162. The number of hydrogen-bond acceptors (Lipinski definition) is 3. The Labute approximate surface area is 153 Å². The number of hydrogen-bond donors (Lipinski definition) is 1. The van der Waals surface area contributed by atoms with Gasteiger partial charge in [0.1, 0.15) is 6.10 Å². The molecule has 4 atom stereocenters. The molecule has 0 saturated heterocycles. The maximum Gasteiger partial charge on any atom is 0.302 e. The van der Waals surface area contributed by atoms with E-state index < -0.39 is 0 Å². The SMILES string of the molecule is CC(=O)O[C@H]1CC[C@@]2(C)[C@H](CC/C(C)=C/CO)C(C)=CC[C@@H]2C1(C)C. The Morgan fingerprint density at radius 3 is 2.64 bits per heavy atom. The molecule has 0 amide bonds. The van der Waals surface area contributed by atoms with E-state index in [-0.39, 0.29) is 29.5 Å². The Balaban J connectivity index is 2.25. The normalized spacial score (nSPS) is 34.9. The fraction of sp³-hybridized carbons (Fsp3) is 0.773. The summed E-state index contributed by atoms with van der Waals surface area (Å²) in [6.07, 6.45) is 9.66. The standard InChI is InChI=1S/C22H36O3/c1-15(12-14-23)7-9-18-16(2)8-10-19-21(4,5)20(25-17(3)24)11-13-22(18,19)6/h8,12,18-20,23H,7,9-11,13-14H2,1-6H3/b15-12+/t18-,19-,20+,22+/m1/s1. The smallest absolute Gasteiger partial charge is 0.302 e. The number of esters is 1. The third-order valence-corrected chi connectivity index (χ3v) is 7.07.